The summed E-state index contributed by atoms with van der Waals surface area (Å²) in [6.45, 7) is 1.75. The Bertz CT molecular complexity index is 328. The molecule has 1 aromatic carbocycles. The third-order valence-corrected chi connectivity index (χ3v) is 3.95. The van der Waals surface area contributed by atoms with Crippen LogP contribution in [0, 0.1) is 8.99 Å². The number of aliphatic hydroxyl groups excluding tert-OH is 1. The summed E-state index contributed by atoms with van der Waals surface area (Å²) in [7, 11) is 0. The first-order valence-corrected chi connectivity index (χ1v) is 6.75. The summed E-state index contributed by atoms with van der Waals surface area (Å²) in [5.74, 6) is 0. The largest absolute Gasteiger partial charge is 0.396 e. The van der Waals surface area contributed by atoms with E-state index in [9.17, 15) is 5.11 Å². The summed E-state index contributed by atoms with van der Waals surface area (Å²) in [6, 6.07) is 8.52. The lowest BCUT2D eigenvalue weighted by Crippen LogP contribution is -2.37. The molecule has 1 atom stereocenters. The van der Waals surface area contributed by atoms with Crippen molar-refractivity contribution in [2.45, 2.75) is 19.3 Å². The van der Waals surface area contributed by atoms with Crippen LogP contribution in [0.15, 0.2) is 24.3 Å². The van der Waals surface area contributed by atoms with Gasteiger partial charge in [-0.3, -0.25) is 0 Å². The van der Waals surface area contributed by atoms with Gasteiger partial charge in [0.1, 0.15) is 0 Å². The first-order valence-electron chi connectivity index (χ1n) is 5.67. The molecule has 1 aliphatic heterocycles. The third kappa shape index (κ3) is 2.96. The van der Waals surface area contributed by atoms with E-state index in [1.807, 2.05) is 0 Å². The van der Waals surface area contributed by atoms with Gasteiger partial charge in [0.25, 0.3) is 0 Å². The van der Waals surface area contributed by atoms with Crippen LogP contribution in [0.2, 0.25) is 0 Å². The first kappa shape index (κ1) is 12.3. The molecular formula is C13H17IO2. The van der Waals surface area contributed by atoms with E-state index in [0.717, 1.165) is 25.9 Å². The van der Waals surface area contributed by atoms with E-state index in [1.54, 1.807) is 0 Å². The minimum Gasteiger partial charge on any atom is -0.396 e. The Kier molecular flexibility index (Phi) is 4.21. The minimum absolute atomic E-state index is 0.0506. The van der Waals surface area contributed by atoms with Gasteiger partial charge in [-0.05, 0) is 59.5 Å². The van der Waals surface area contributed by atoms with Crippen LogP contribution in [0.3, 0.4) is 0 Å². The monoisotopic (exact) mass is 332 g/mol. The lowest BCUT2D eigenvalue weighted by molar-refractivity contribution is -0.0378. The molecule has 0 aromatic heterocycles. The van der Waals surface area contributed by atoms with E-state index < -0.39 is 0 Å². The average Bonchev–Trinajstić information content (AvgIpc) is 2.33. The smallest absolute Gasteiger partial charge is 0.0547 e. The summed E-state index contributed by atoms with van der Waals surface area (Å²) in [4.78, 5) is 0. The maximum atomic E-state index is 9.58. The van der Waals surface area contributed by atoms with Crippen molar-refractivity contribution in [3.63, 3.8) is 0 Å². The molecule has 88 valence electrons. The molecule has 1 aromatic rings. The van der Waals surface area contributed by atoms with Crippen molar-refractivity contribution in [3.05, 3.63) is 33.4 Å². The Balaban J connectivity index is 2.08. The molecule has 0 amide bonds. The molecular weight excluding hydrogens is 315 g/mol. The number of hydrogen-bond donors (Lipinski definition) is 1. The van der Waals surface area contributed by atoms with Gasteiger partial charge in [0.2, 0.25) is 0 Å². The first-order chi connectivity index (χ1) is 7.74. The zero-order valence-corrected chi connectivity index (χ0v) is 11.4. The van der Waals surface area contributed by atoms with Gasteiger partial charge in [-0.15, -0.1) is 0 Å². The molecule has 1 fully saturated rings. The van der Waals surface area contributed by atoms with Crippen molar-refractivity contribution in [3.8, 4) is 0 Å². The highest BCUT2D eigenvalue weighted by Gasteiger charge is 2.32. The van der Waals surface area contributed by atoms with E-state index in [-0.39, 0.29) is 12.0 Å². The Labute approximate surface area is 110 Å². The molecule has 2 rings (SSSR count). The lowest BCUT2D eigenvalue weighted by atomic mass is 9.78. The number of rotatable bonds is 3. The summed E-state index contributed by atoms with van der Waals surface area (Å²) < 4.78 is 6.76. The predicted octanol–water partition coefficient (Wildman–Crippen LogP) is 2.62. The second kappa shape index (κ2) is 5.47. The fourth-order valence-corrected chi connectivity index (χ4v) is 2.62. The van der Waals surface area contributed by atoms with Crippen LogP contribution in [0.25, 0.3) is 0 Å². The summed E-state index contributed by atoms with van der Waals surface area (Å²) in [5.41, 5.74) is 1.24. The molecule has 0 saturated carbocycles. The van der Waals surface area contributed by atoms with Gasteiger partial charge in [0.05, 0.1) is 13.2 Å². The van der Waals surface area contributed by atoms with Crippen molar-refractivity contribution in [1.29, 1.82) is 0 Å². The minimum atomic E-state index is -0.0506. The number of aliphatic hydroxyl groups is 1. The number of benzene rings is 1. The maximum Gasteiger partial charge on any atom is 0.0547 e. The SMILES string of the molecule is OCC1(Cc2ccc(I)cc2)CCCOC1. The Morgan fingerprint density at radius 1 is 1.31 bits per heavy atom. The zero-order chi connectivity index (χ0) is 11.4. The zero-order valence-electron chi connectivity index (χ0n) is 9.29. The highest BCUT2D eigenvalue weighted by molar-refractivity contribution is 14.1. The molecule has 1 saturated heterocycles. The van der Waals surface area contributed by atoms with E-state index >= 15 is 0 Å². The van der Waals surface area contributed by atoms with E-state index in [1.165, 1.54) is 9.13 Å². The topological polar surface area (TPSA) is 29.5 Å². The van der Waals surface area contributed by atoms with Crippen LogP contribution in [0.4, 0.5) is 0 Å². The highest BCUT2D eigenvalue weighted by atomic mass is 127. The summed E-state index contributed by atoms with van der Waals surface area (Å²) >= 11 is 2.31. The number of ether oxygens (including phenoxy) is 1. The molecule has 2 nitrogen and oxygen atoms in total. The van der Waals surface area contributed by atoms with Crippen LogP contribution in [0.5, 0.6) is 0 Å². The quantitative estimate of drug-likeness (QED) is 0.863. The molecule has 16 heavy (non-hydrogen) atoms. The Morgan fingerprint density at radius 3 is 2.62 bits per heavy atom. The number of halogens is 1. The number of hydrogen-bond acceptors (Lipinski definition) is 2. The molecule has 0 bridgehead atoms. The van der Waals surface area contributed by atoms with E-state index in [4.69, 9.17) is 4.74 Å². The average molecular weight is 332 g/mol. The van der Waals surface area contributed by atoms with Gasteiger partial charge in [0, 0.05) is 15.6 Å². The Morgan fingerprint density at radius 2 is 2.06 bits per heavy atom. The van der Waals surface area contributed by atoms with Crippen LogP contribution in [-0.4, -0.2) is 24.9 Å². The van der Waals surface area contributed by atoms with Crippen LogP contribution < -0.4 is 0 Å². The second-order valence-corrected chi connectivity index (χ2v) is 5.86. The molecule has 0 aliphatic carbocycles. The lowest BCUT2D eigenvalue weighted by Gasteiger charge is -2.35. The molecule has 1 unspecified atom stereocenters. The van der Waals surface area contributed by atoms with Crippen molar-refractivity contribution in [2.75, 3.05) is 19.8 Å². The van der Waals surface area contributed by atoms with E-state index in [0.29, 0.717) is 6.61 Å². The summed E-state index contributed by atoms with van der Waals surface area (Å²) in [6.07, 6.45) is 3.04. The van der Waals surface area contributed by atoms with Crippen molar-refractivity contribution < 1.29 is 9.84 Å². The normalized spacial score (nSPS) is 25.6. The van der Waals surface area contributed by atoms with E-state index in [2.05, 4.69) is 46.9 Å². The summed E-state index contributed by atoms with van der Waals surface area (Å²) in [5, 5.41) is 9.58. The second-order valence-electron chi connectivity index (χ2n) is 4.62. The molecule has 0 radical (unpaired) electrons. The van der Waals surface area contributed by atoms with Crippen LogP contribution in [0.1, 0.15) is 18.4 Å². The standard InChI is InChI=1S/C13H17IO2/c14-12-4-2-11(3-5-12)8-13(9-15)6-1-7-16-10-13/h2-5,15H,1,6-10H2. The van der Waals surface area contributed by atoms with Crippen molar-refractivity contribution in [2.24, 2.45) is 5.41 Å². The fourth-order valence-electron chi connectivity index (χ4n) is 2.27. The Hall–Kier alpha value is -0.130. The van der Waals surface area contributed by atoms with Gasteiger partial charge in [0.15, 0.2) is 0 Å². The fraction of sp³-hybridized carbons (Fsp3) is 0.538. The van der Waals surface area contributed by atoms with Crippen molar-refractivity contribution >= 4 is 22.6 Å². The molecule has 1 aliphatic rings. The van der Waals surface area contributed by atoms with Gasteiger partial charge >= 0.3 is 0 Å². The predicted molar refractivity (Wildman–Crippen MR) is 72.4 cm³/mol. The van der Waals surface area contributed by atoms with Crippen LogP contribution in [-0.2, 0) is 11.2 Å². The van der Waals surface area contributed by atoms with Crippen molar-refractivity contribution in [1.82, 2.24) is 0 Å². The molecule has 0 spiro atoms. The highest BCUT2D eigenvalue weighted by Crippen LogP contribution is 2.32. The van der Waals surface area contributed by atoms with Crippen LogP contribution >= 0.6 is 22.6 Å². The van der Waals surface area contributed by atoms with Gasteiger partial charge in [-0.1, -0.05) is 12.1 Å². The van der Waals surface area contributed by atoms with Gasteiger partial charge in [-0.25, -0.2) is 0 Å². The molecule has 1 heterocycles. The van der Waals surface area contributed by atoms with Gasteiger partial charge in [-0.2, -0.15) is 0 Å². The maximum absolute atomic E-state index is 9.58. The van der Waals surface area contributed by atoms with Gasteiger partial charge < -0.3 is 9.84 Å². The molecule has 1 N–H and O–H groups in total. The third-order valence-electron chi connectivity index (χ3n) is 3.23. The molecule has 3 heteroatoms.